The molecule has 0 fully saturated rings. The summed E-state index contributed by atoms with van der Waals surface area (Å²) in [5.41, 5.74) is 0. The highest BCUT2D eigenvalue weighted by Crippen LogP contribution is 2.13. The fourth-order valence-corrected chi connectivity index (χ4v) is 5.71. The van der Waals surface area contributed by atoms with Crippen LogP contribution in [0.4, 0.5) is 0 Å². The van der Waals surface area contributed by atoms with Gasteiger partial charge in [0.1, 0.15) is 12.7 Å². The van der Waals surface area contributed by atoms with Gasteiger partial charge in [0.25, 0.3) is 0 Å². The lowest BCUT2D eigenvalue weighted by Crippen LogP contribution is -2.34. The maximum atomic E-state index is 12.4. The Morgan fingerprint density at radius 3 is 1.24 bits per heavy atom. The van der Waals surface area contributed by atoms with E-state index in [2.05, 4.69) is 38.2 Å². The Labute approximate surface area is 286 Å². The lowest BCUT2D eigenvalue weighted by atomic mass is 10.1. The van der Waals surface area contributed by atoms with Gasteiger partial charge < -0.3 is 14.4 Å². The molecule has 0 radical (unpaired) electrons. The smallest absolute Gasteiger partial charge is 0.306 e. The van der Waals surface area contributed by atoms with Crippen LogP contribution in [-0.4, -0.2) is 50.2 Å². The lowest BCUT2D eigenvalue weighted by molar-refractivity contribution is -0.160. The van der Waals surface area contributed by atoms with E-state index >= 15 is 0 Å². The van der Waals surface area contributed by atoms with E-state index in [9.17, 15) is 9.59 Å². The van der Waals surface area contributed by atoms with Crippen molar-refractivity contribution in [3.63, 3.8) is 0 Å². The molecular formula is C41H77NO4. The maximum absolute atomic E-state index is 12.4. The topological polar surface area (TPSA) is 55.8 Å². The molecular weight excluding hydrogens is 570 g/mol. The predicted octanol–water partition coefficient (Wildman–Crippen LogP) is 12.1. The minimum atomic E-state index is -0.413. The summed E-state index contributed by atoms with van der Waals surface area (Å²) >= 11 is 0. The fourth-order valence-electron chi connectivity index (χ4n) is 5.71. The number of likely N-dealkylation sites (N-methyl/N-ethyl adjacent to an activating group) is 1. The molecule has 5 heteroatoms. The van der Waals surface area contributed by atoms with Crippen molar-refractivity contribution in [1.29, 1.82) is 0 Å². The van der Waals surface area contributed by atoms with Crippen molar-refractivity contribution < 1.29 is 19.1 Å². The van der Waals surface area contributed by atoms with Crippen LogP contribution in [0.15, 0.2) is 24.3 Å². The summed E-state index contributed by atoms with van der Waals surface area (Å²) in [6.07, 6.45) is 42.0. The van der Waals surface area contributed by atoms with Crippen LogP contribution in [0.25, 0.3) is 0 Å². The molecule has 0 heterocycles. The van der Waals surface area contributed by atoms with Crippen LogP contribution in [0.1, 0.15) is 194 Å². The molecule has 0 unspecified atom stereocenters. The first-order valence-corrected chi connectivity index (χ1v) is 19.8. The molecule has 0 saturated heterocycles. The van der Waals surface area contributed by atoms with E-state index < -0.39 is 6.10 Å². The van der Waals surface area contributed by atoms with Gasteiger partial charge in [0.05, 0.1) is 0 Å². The number of ether oxygens (including phenoxy) is 2. The lowest BCUT2D eigenvalue weighted by Gasteiger charge is -2.21. The summed E-state index contributed by atoms with van der Waals surface area (Å²) in [7, 11) is 3.88. The summed E-state index contributed by atoms with van der Waals surface area (Å²) < 4.78 is 11.2. The largest absolute Gasteiger partial charge is 0.462 e. The summed E-state index contributed by atoms with van der Waals surface area (Å²) in [6.45, 7) is 5.23. The van der Waals surface area contributed by atoms with E-state index in [1.165, 1.54) is 128 Å². The van der Waals surface area contributed by atoms with Gasteiger partial charge >= 0.3 is 11.9 Å². The molecule has 0 aliphatic heterocycles. The zero-order valence-corrected chi connectivity index (χ0v) is 31.2. The molecule has 0 aliphatic rings. The first-order chi connectivity index (χ1) is 22.5. The van der Waals surface area contributed by atoms with Gasteiger partial charge in [0.2, 0.25) is 0 Å². The van der Waals surface area contributed by atoms with Crippen LogP contribution in [-0.2, 0) is 19.1 Å². The molecule has 0 bridgehead atoms. The van der Waals surface area contributed by atoms with Crippen molar-refractivity contribution >= 4 is 11.9 Å². The second-order valence-corrected chi connectivity index (χ2v) is 13.7. The number of hydrogen-bond acceptors (Lipinski definition) is 5. The monoisotopic (exact) mass is 648 g/mol. The number of hydrogen-bond donors (Lipinski definition) is 0. The van der Waals surface area contributed by atoms with Crippen molar-refractivity contribution in [3.8, 4) is 0 Å². The molecule has 0 amide bonds. The van der Waals surface area contributed by atoms with Gasteiger partial charge in [-0.05, 0) is 78.3 Å². The van der Waals surface area contributed by atoms with Crippen LogP contribution in [0.3, 0.4) is 0 Å². The number of esters is 2. The normalized spacial score (nSPS) is 12.5. The molecule has 0 aromatic carbocycles. The molecule has 270 valence electrons. The first-order valence-electron chi connectivity index (χ1n) is 19.8. The van der Waals surface area contributed by atoms with Gasteiger partial charge in [-0.1, -0.05) is 141 Å². The Hall–Kier alpha value is -1.62. The highest BCUT2D eigenvalue weighted by atomic mass is 16.6. The Morgan fingerprint density at radius 2 is 0.848 bits per heavy atom. The molecule has 0 rings (SSSR count). The highest BCUT2D eigenvalue weighted by Gasteiger charge is 2.18. The Kier molecular flexibility index (Phi) is 34.9. The quantitative estimate of drug-likeness (QED) is 0.0389. The van der Waals surface area contributed by atoms with Gasteiger partial charge in [-0.15, -0.1) is 0 Å². The second kappa shape index (κ2) is 36.2. The maximum Gasteiger partial charge on any atom is 0.306 e. The van der Waals surface area contributed by atoms with Gasteiger partial charge in [-0.2, -0.15) is 0 Å². The minimum absolute atomic E-state index is 0.139. The average Bonchev–Trinajstić information content (AvgIpc) is 3.03. The molecule has 1 atom stereocenters. The molecule has 0 N–H and O–H groups in total. The number of nitrogens with zero attached hydrogens (tertiary/aromatic N) is 1. The van der Waals surface area contributed by atoms with Gasteiger partial charge in [-0.3, -0.25) is 9.59 Å². The zero-order valence-electron chi connectivity index (χ0n) is 31.2. The van der Waals surface area contributed by atoms with Crippen LogP contribution in [0.5, 0.6) is 0 Å². The van der Waals surface area contributed by atoms with E-state index in [0.29, 0.717) is 19.4 Å². The molecule has 5 nitrogen and oxygen atoms in total. The van der Waals surface area contributed by atoms with Crippen molar-refractivity contribution in [3.05, 3.63) is 24.3 Å². The van der Waals surface area contributed by atoms with Crippen molar-refractivity contribution in [2.75, 3.05) is 27.2 Å². The van der Waals surface area contributed by atoms with Crippen molar-refractivity contribution in [2.45, 2.75) is 200 Å². The average molecular weight is 648 g/mol. The number of rotatable bonds is 35. The van der Waals surface area contributed by atoms with Gasteiger partial charge in [0.15, 0.2) is 0 Å². The number of unbranched alkanes of at least 4 members (excludes halogenated alkanes) is 22. The van der Waals surface area contributed by atoms with E-state index in [1.807, 2.05) is 19.0 Å². The molecule has 0 saturated carbocycles. The molecule has 0 aromatic heterocycles. The SMILES string of the molecule is CCCCCCCC/C=C\CCCCCCCC(=O)OC[C@H](CN(C)C)OC(=O)CCCCCCC/C=C\CCCCCCCC. The third-order valence-corrected chi connectivity index (χ3v) is 8.58. The Balaban J connectivity index is 3.78. The zero-order chi connectivity index (χ0) is 33.8. The van der Waals surface area contributed by atoms with Crippen molar-refractivity contribution in [2.24, 2.45) is 0 Å². The third kappa shape index (κ3) is 35.2. The molecule has 46 heavy (non-hydrogen) atoms. The summed E-state index contributed by atoms with van der Waals surface area (Å²) in [4.78, 5) is 26.7. The highest BCUT2D eigenvalue weighted by molar-refractivity contribution is 5.70. The number of carbonyl (C=O) groups is 2. The van der Waals surface area contributed by atoms with Gasteiger partial charge in [0, 0.05) is 19.4 Å². The van der Waals surface area contributed by atoms with E-state index in [4.69, 9.17) is 9.47 Å². The number of carbonyl (C=O) groups excluding carboxylic acids is 2. The Bertz CT molecular complexity index is 717. The minimum Gasteiger partial charge on any atom is -0.462 e. The molecule has 0 aromatic rings. The predicted molar refractivity (Wildman–Crippen MR) is 198 cm³/mol. The molecule has 0 spiro atoms. The third-order valence-electron chi connectivity index (χ3n) is 8.58. The van der Waals surface area contributed by atoms with Crippen LogP contribution in [0, 0.1) is 0 Å². The van der Waals surface area contributed by atoms with Gasteiger partial charge in [-0.25, -0.2) is 0 Å². The van der Waals surface area contributed by atoms with E-state index in [-0.39, 0.29) is 18.5 Å². The summed E-state index contributed by atoms with van der Waals surface area (Å²) in [5, 5.41) is 0. The van der Waals surface area contributed by atoms with Crippen LogP contribution in [0.2, 0.25) is 0 Å². The summed E-state index contributed by atoms with van der Waals surface area (Å²) in [5.74, 6) is -0.368. The standard InChI is InChI=1S/C41H77NO4/c1-5-7-9-11-13-15-17-19-21-23-25-27-29-31-33-35-40(43)45-38-39(37-42(3)4)46-41(44)36-34-32-30-28-26-24-22-20-18-16-14-12-10-8-6-2/h19-22,39H,5-18,23-38H2,1-4H3/b21-19-,22-20-/t39-/m0/s1. The number of allylic oxidation sites excluding steroid dienone is 4. The second-order valence-electron chi connectivity index (χ2n) is 13.7. The van der Waals surface area contributed by atoms with Crippen LogP contribution < -0.4 is 0 Å². The fraction of sp³-hybridized carbons (Fsp3) is 0.854. The molecule has 0 aliphatic carbocycles. The van der Waals surface area contributed by atoms with E-state index in [0.717, 1.165) is 38.5 Å². The Morgan fingerprint density at radius 1 is 0.500 bits per heavy atom. The summed E-state index contributed by atoms with van der Waals surface area (Å²) in [6, 6.07) is 0. The first kappa shape index (κ1) is 44.4. The van der Waals surface area contributed by atoms with E-state index in [1.54, 1.807) is 0 Å². The van der Waals surface area contributed by atoms with Crippen LogP contribution >= 0.6 is 0 Å². The van der Waals surface area contributed by atoms with Crippen molar-refractivity contribution in [1.82, 2.24) is 4.90 Å².